The van der Waals surface area contributed by atoms with Gasteiger partial charge in [0.15, 0.2) is 0 Å². The number of hydrogen-bond acceptors (Lipinski definition) is 3. The average molecular weight is 170 g/mol. The van der Waals surface area contributed by atoms with Crippen molar-refractivity contribution in [2.75, 3.05) is 13.2 Å². The molecule has 1 rings (SSSR count). The largest absolute Gasteiger partial charge is 0.472 e. The van der Waals surface area contributed by atoms with Gasteiger partial charge < -0.3 is 14.3 Å². The van der Waals surface area contributed by atoms with Crippen LogP contribution in [0.3, 0.4) is 0 Å². The van der Waals surface area contributed by atoms with E-state index < -0.39 is 5.60 Å². The highest BCUT2D eigenvalue weighted by atomic mass is 16.5. The van der Waals surface area contributed by atoms with Crippen LogP contribution in [0.15, 0.2) is 23.0 Å². The van der Waals surface area contributed by atoms with Crippen LogP contribution in [0, 0.1) is 0 Å². The van der Waals surface area contributed by atoms with Crippen molar-refractivity contribution in [1.82, 2.24) is 0 Å². The molecule has 1 aromatic rings. The van der Waals surface area contributed by atoms with Crippen LogP contribution in [0.1, 0.15) is 19.4 Å². The molecule has 0 amide bonds. The van der Waals surface area contributed by atoms with E-state index in [2.05, 4.69) is 0 Å². The first-order valence-corrected chi connectivity index (χ1v) is 3.99. The molecule has 1 aromatic heterocycles. The molecule has 1 atom stereocenters. The van der Waals surface area contributed by atoms with Crippen molar-refractivity contribution in [1.29, 1.82) is 0 Å². The van der Waals surface area contributed by atoms with Gasteiger partial charge in [0.1, 0.15) is 5.60 Å². The summed E-state index contributed by atoms with van der Waals surface area (Å²) >= 11 is 0. The monoisotopic (exact) mass is 170 g/mol. The Hall–Kier alpha value is -0.800. The first kappa shape index (κ1) is 9.29. The van der Waals surface area contributed by atoms with Crippen LogP contribution in [-0.4, -0.2) is 18.3 Å². The van der Waals surface area contributed by atoms with Gasteiger partial charge in [-0.3, -0.25) is 0 Å². The van der Waals surface area contributed by atoms with Crippen molar-refractivity contribution in [2.45, 2.75) is 19.4 Å². The molecule has 1 N–H and O–H groups in total. The quantitative estimate of drug-likeness (QED) is 0.745. The van der Waals surface area contributed by atoms with Crippen molar-refractivity contribution in [3.8, 4) is 0 Å². The molecule has 0 aliphatic carbocycles. The van der Waals surface area contributed by atoms with E-state index >= 15 is 0 Å². The highest BCUT2D eigenvalue weighted by molar-refractivity contribution is 5.14. The molecule has 0 radical (unpaired) electrons. The number of aliphatic hydroxyl groups is 1. The molecule has 3 heteroatoms. The Kier molecular flexibility index (Phi) is 2.89. The van der Waals surface area contributed by atoms with Gasteiger partial charge >= 0.3 is 0 Å². The van der Waals surface area contributed by atoms with Crippen LogP contribution in [-0.2, 0) is 10.3 Å². The lowest BCUT2D eigenvalue weighted by Gasteiger charge is -2.20. The van der Waals surface area contributed by atoms with Gasteiger partial charge in [0.05, 0.1) is 19.1 Å². The van der Waals surface area contributed by atoms with E-state index in [1.54, 1.807) is 13.0 Å². The number of furan rings is 1. The molecule has 12 heavy (non-hydrogen) atoms. The van der Waals surface area contributed by atoms with E-state index in [0.717, 1.165) is 5.56 Å². The second kappa shape index (κ2) is 3.74. The van der Waals surface area contributed by atoms with Crippen LogP contribution in [0.2, 0.25) is 0 Å². The van der Waals surface area contributed by atoms with E-state index in [4.69, 9.17) is 9.15 Å². The molecule has 0 bridgehead atoms. The van der Waals surface area contributed by atoms with Gasteiger partial charge in [0.2, 0.25) is 0 Å². The Balaban J connectivity index is 2.59. The van der Waals surface area contributed by atoms with E-state index in [9.17, 15) is 5.11 Å². The maximum absolute atomic E-state index is 9.82. The van der Waals surface area contributed by atoms with Crippen molar-refractivity contribution >= 4 is 0 Å². The third-order valence-corrected chi connectivity index (χ3v) is 1.73. The molecule has 0 saturated heterocycles. The third-order valence-electron chi connectivity index (χ3n) is 1.73. The van der Waals surface area contributed by atoms with E-state index in [0.29, 0.717) is 13.2 Å². The van der Waals surface area contributed by atoms with Crippen molar-refractivity contribution < 1.29 is 14.3 Å². The predicted molar refractivity (Wildman–Crippen MR) is 44.8 cm³/mol. The van der Waals surface area contributed by atoms with Gasteiger partial charge in [-0.1, -0.05) is 0 Å². The summed E-state index contributed by atoms with van der Waals surface area (Å²) in [5.41, 5.74) is -0.195. The van der Waals surface area contributed by atoms with Crippen LogP contribution in [0.25, 0.3) is 0 Å². The molecule has 0 aliphatic heterocycles. The molecule has 0 aliphatic rings. The van der Waals surface area contributed by atoms with Gasteiger partial charge in [-0.25, -0.2) is 0 Å². The number of rotatable bonds is 4. The molecule has 1 unspecified atom stereocenters. The first-order valence-electron chi connectivity index (χ1n) is 3.99. The summed E-state index contributed by atoms with van der Waals surface area (Å²) in [4.78, 5) is 0. The molecular formula is C9H14O3. The summed E-state index contributed by atoms with van der Waals surface area (Å²) in [5.74, 6) is 0. The van der Waals surface area contributed by atoms with Gasteiger partial charge in [-0.2, -0.15) is 0 Å². The second-order valence-corrected chi connectivity index (χ2v) is 2.92. The molecule has 1 heterocycles. The Bertz CT molecular complexity index is 214. The minimum atomic E-state index is -0.941. The van der Waals surface area contributed by atoms with Crippen molar-refractivity contribution in [2.24, 2.45) is 0 Å². The Morgan fingerprint density at radius 1 is 1.67 bits per heavy atom. The Labute approximate surface area is 72.0 Å². The third kappa shape index (κ3) is 2.09. The van der Waals surface area contributed by atoms with Gasteiger partial charge in [-0.15, -0.1) is 0 Å². The molecule has 0 spiro atoms. The smallest absolute Gasteiger partial charge is 0.113 e. The van der Waals surface area contributed by atoms with Gasteiger partial charge in [-0.05, 0) is 19.9 Å². The molecule has 3 nitrogen and oxygen atoms in total. The Morgan fingerprint density at radius 3 is 2.92 bits per heavy atom. The van der Waals surface area contributed by atoms with E-state index in [-0.39, 0.29) is 0 Å². The van der Waals surface area contributed by atoms with Crippen LogP contribution in [0.5, 0.6) is 0 Å². The fourth-order valence-electron chi connectivity index (χ4n) is 0.955. The molecule has 0 aromatic carbocycles. The van der Waals surface area contributed by atoms with Gasteiger partial charge in [0.25, 0.3) is 0 Å². The zero-order valence-corrected chi connectivity index (χ0v) is 7.41. The zero-order valence-electron chi connectivity index (χ0n) is 7.41. The van der Waals surface area contributed by atoms with Gasteiger partial charge in [0, 0.05) is 12.2 Å². The summed E-state index contributed by atoms with van der Waals surface area (Å²) in [5, 5.41) is 9.82. The topological polar surface area (TPSA) is 42.6 Å². The van der Waals surface area contributed by atoms with Crippen molar-refractivity contribution in [3.05, 3.63) is 24.2 Å². The average Bonchev–Trinajstić information content (AvgIpc) is 2.53. The SMILES string of the molecule is CCOCC(C)(O)c1ccoc1. The predicted octanol–water partition coefficient (Wildman–Crippen LogP) is 1.52. The summed E-state index contributed by atoms with van der Waals surface area (Å²) < 4.78 is 10.00. The normalized spacial score (nSPS) is 15.9. The highest BCUT2D eigenvalue weighted by Crippen LogP contribution is 2.20. The van der Waals surface area contributed by atoms with Crippen LogP contribution >= 0.6 is 0 Å². The molecule has 0 fully saturated rings. The maximum Gasteiger partial charge on any atom is 0.113 e. The summed E-state index contributed by atoms with van der Waals surface area (Å²) in [6.45, 7) is 4.50. The molecule has 68 valence electrons. The first-order chi connectivity index (χ1) is 5.67. The fraction of sp³-hybridized carbons (Fsp3) is 0.556. The standard InChI is InChI=1S/C9H14O3/c1-3-11-7-9(2,10)8-4-5-12-6-8/h4-6,10H,3,7H2,1-2H3. The molecule has 0 saturated carbocycles. The maximum atomic E-state index is 9.82. The van der Waals surface area contributed by atoms with E-state index in [1.807, 2.05) is 6.92 Å². The fourth-order valence-corrected chi connectivity index (χ4v) is 0.955. The summed E-state index contributed by atoms with van der Waals surface area (Å²) in [6, 6.07) is 1.74. The van der Waals surface area contributed by atoms with E-state index in [1.165, 1.54) is 12.5 Å². The second-order valence-electron chi connectivity index (χ2n) is 2.92. The number of hydrogen-bond donors (Lipinski definition) is 1. The van der Waals surface area contributed by atoms with Crippen LogP contribution in [0.4, 0.5) is 0 Å². The van der Waals surface area contributed by atoms with Crippen LogP contribution < -0.4 is 0 Å². The lowest BCUT2D eigenvalue weighted by atomic mass is 10.0. The number of ether oxygens (including phenoxy) is 1. The summed E-state index contributed by atoms with van der Waals surface area (Å²) in [6.07, 6.45) is 3.06. The minimum Gasteiger partial charge on any atom is -0.472 e. The Morgan fingerprint density at radius 2 is 2.42 bits per heavy atom. The highest BCUT2D eigenvalue weighted by Gasteiger charge is 2.23. The zero-order chi connectivity index (χ0) is 9.03. The minimum absolute atomic E-state index is 0.295. The lowest BCUT2D eigenvalue weighted by molar-refractivity contribution is -0.0346. The molecular weight excluding hydrogens is 156 g/mol. The van der Waals surface area contributed by atoms with Crippen molar-refractivity contribution in [3.63, 3.8) is 0 Å². The summed E-state index contributed by atoms with van der Waals surface area (Å²) in [7, 11) is 0. The lowest BCUT2D eigenvalue weighted by Crippen LogP contribution is -2.27.